The summed E-state index contributed by atoms with van der Waals surface area (Å²) in [7, 11) is 0. The Morgan fingerprint density at radius 2 is 2.10 bits per heavy atom. The fourth-order valence-corrected chi connectivity index (χ4v) is 7.43. The van der Waals surface area contributed by atoms with Crippen molar-refractivity contribution in [3.8, 4) is 0 Å². The third-order valence-corrected chi connectivity index (χ3v) is 8.58. The van der Waals surface area contributed by atoms with E-state index >= 15 is 0 Å². The second-order valence-corrected chi connectivity index (χ2v) is 10.6. The van der Waals surface area contributed by atoms with Crippen molar-refractivity contribution in [3.05, 3.63) is 34.2 Å². The number of aliphatic carboxylic acids is 1. The number of anilines is 1. The summed E-state index contributed by atoms with van der Waals surface area (Å²) in [5, 5.41) is 19.8. The number of hydrogen-bond acceptors (Lipinski definition) is 7. The summed E-state index contributed by atoms with van der Waals surface area (Å²) >= 11 is 2.94. The van der Waals surface area contributed by atoms with E-state index in [2.05, 4.69) is 9.89 Å². The third-order valence-electron chi connectivity index (χ3n) is 5.72. The van der Waals surface area contributed by atoms with Crippen LogP contribution in [-0.2, 0) is 9.59 Å². The van der Waals surface area contributed by atoms with Crippen LogP contribution in [0.3, 0.4) is 0 Å². The van der Waals surface area contributed by atoms with Gasteiger partial charge >= 0.3 is 5.97 Å². The number of aliphatic hydroxyl groups excluding tert-OH is 1. The minimum Gasteiger partial charge on any atom is -0.477 e. The zero-order valence-corrected chi connectivity index (χ0v) is 19.0. The topological polar surface area (TPSA) is 119 Å². The Morgan fingerprint density at radius 1 is 1.39 bits per heavy atom. The lowest BCUT2D eigenvalue weighted by Crippen LogP contribution is -2.61. The van der Waals surface area contributed by atoms with E-state index in [1.807, 2.05) is 31.2 Å². The van der Waals surface area contributed by atoms with Crippen molar-refractivity contribution in [2.75, 3.05) is 18.0 Å². The minimum atomic E-state index is -1.09. The van der Waals surface area contributed by atoms with Gasteiger partial charge in [-0.15, -0.1) is 11.8 Å². The zero-order valence-electron chi connectivity index (χ0n) is 17.4. The van der Waals surface area contributed by atoms with Crippen molar-refractivity contribution in [1.29, 1.82) is 0 Å². The summed E-state index contributed by atoms with van der Waals surface area (Å²) in [6, 6.07) is 7.89. The fourth-order valence-electron chi connectivity index (χ4n) is 4.15. The Balaban J connectivity index is 1.43. The first kappa shape index (κ1) is 22.0. The predicted molar refractivity (Wildman–Crippen MR) is 124 cm³/mol. The van der Waals surface area contributed by atoms with E-state index in [4.69, 9.17) is 5.73 Å². The molecule has 3 aliphatic heterocycles. The van der Waals surface area contributed by atoms with Gasteiger partial charge in [0.1, 0.15) is 5.37 Å². The number of carbonyl (C=O) groups excluding carboxylic acids is 1. The van der Waals surface area contributed by atoms with Crippen LogP contribution >= 0.6 is 23.5 Å². The highest BCUT2D eigenvalue weighted by Crippen LogP contribution is 2.55. The molecule has 0 unspecified atom stereocenters. The van der Waals surface area contributed by atoms with Crippen LogP contribution in [0.1, 0.15) is 26.7 Å². The molecule has 3 heterocycles. The molecule has 2 fully saturated rings. The molecular weight excluding hydrogens is 436 g/mol. The van der Waals surface area contributed by atoms with Gasteiger partial charge in [-0.1, -0.05) is 18.7 Å². The number of amidine groups is 1. The van der Waals surface area contributed by atoms with E-state index in [9.17, 15) is 19.8 Å². The minimum absolute atomic E-state index is 0.0716. The Labute approximate surface area is 189 Å². The number of aliphatic imine (C=N–C) groups is 1. The van der Waals surface area contributed by atoms with E-state index in [0.29, 0.717) is 16.5 Å². The number of aliphatic hydroxyl groups is 1. The molecule has 0 spiro atoms. The predicted octanol–water partition coefficient (Wildman–Crippen LogP) is 2.56. The molecule has 0 radical (unpaired) electrons. The van der Waals surface area contributed by atoms with E-state index < -0.39 is 18.0 Å². The molecule has 8 nitrogen and oxygen atoms in total. The number of hydrogen-bond donors (Lipinski definition) is 3. The first-order chi connectivity index (χ1) is 14.8. The molecule has 4 atom stereocenters. The second-order valence-electron chi connectivity index (χ2n) is 7.90. The Kier molecular flexibility index (Phi) is 6.23. The molecule has 0 aromatic heterocycles. The Hall–Kier alpha value is -2.17. The van der Waals surface area contributed by atoms with Gasteiger partial charge in [-0.05, 0) is 44.0 Å². The molecule has 0 bridgehead atoms. The molecule has 3 aliphatic rings. The maximum Gasteiger partial charge on any atom is 0.354 e. The van der Waals surface area contributed by atoms with Crippen molar-refractivity contribution < 1.29 is 19.8 Å². The highest BCUT2D eigenvalue weighted by atomic mass is 32.2. The molecule has 166 valence electrons. The molecular formula is C21H26N4O4S2. The van der Waals surface area contributed by atoms with Crippen LogP contribution in [0, 0.1) is 5.92 Å². The van der Waals surface area contributed by atoms with E-state index in [-0.39, 0.29) is 22.2 Å². The van der Waals surface area contributed by atoms with Gasteiger partial charge in [-0.2, -0.15) is 0 Å². The highest BCUT2D eigenvalue weighted by Gasteiger charge is 2.58. The first-order valence-electron chi connectivity index (χ1n) is 10.3. The zero-order chi connectivity index (χ0) is 22.3. The standard InChI is InChI=1S/C21H26N4O4S2/c1-3-15(26)16-18(27)25-17(20(28)29)21(31-19(16)25)30-14-8-9-24(10-14)13-6-4-12(5-7-13)23-11(2)22/h4-7,14-16,19,26H,3,8-10H2,1-2H3,(H2,22,23)(H,28,29)/t14-,15-,16+,19+/m0/s1. The SMILES string of the molecule is CC[C@H](O)[C@@H]1C(=O)N2C(C(=O)O)=C(S[C@H]3CCN(c4ccc(N=C(C)N)cc4)C3)S[C@H]12. The second kappa shape index (κ2) is 8.76. The molecule has 31 heavy (non-hydrogen) atoms. The summed E-state index contributed by atoms with van der Waals surface area (Å²) in [5.74, 6) is -1.39. The van der Waals surface area contributed by atoms with Crippen LogP contribution in [0.2, 0.25) is 0 Å². The number of β-lactam (4-membered cyclic amide) rings is 1. The summed E-state index contributed by atoms with van der Waals surface area (Å²) < 4.78 is 0.673. The van der Waals surface area contributed by atoms with E-state index in [1.165, 1.54) is 28.4 Å². The van der Waals surface area contributed by atoms with Crippen molar-refractivity contribution >= 4 is 52.6 Å². The summed E-state index contributed by atoms with van der Waals surface area (Å²) in [4.78, 5) is 32.2. The number of carboxylic acid groups (broad SMARTS) is 1. The van der Waals surface area contributed by atoms with E-state index in [1.54, 1.807) is 6.92 Å². The number of benzene rings is 1. The number of thioether (sulfide) groups is 2. The van der Waals surface area contributed by atoms with Crippen molar-refractivity contribution in [3.63, 3.8) is 0 Å². The maximum atomic E-state index is 12.5. The average molecular weight is 463 g/mol. The average Bonchev–Trinajstić information content (AvgIpc) is 3.31. The lowest BCUT2D eigenvalue weighted by Gasteiger charge is -2.44. The van der Waals surface area contributed by atoms with Crippen LogP contribution < -0.4 is 10.6 Å². The number of rotatable bonds is 7. The summed E-state index contributed by atoms with van der Waals surface area (Å²) in [5.41, 5.74) is 7.60. The van der Waals surface area contributed by atoms with Gasteiger partial charge in [-0.25, -0.2) is 9.79 Å². The lowest BCUT2D eigenvalue weighted by molar-refractivity contribution is -0.157. The molecule has 0 aliphatic carbocycles. The largest absolute Gasteiger partial charge is 0.477 e. The lowest BCUT2D eigenvalue weighted by atomic mass is 9.90. The fraction of sp³-hybridized carbons (Fsp3) is 0.476. The van der Waals surface area contributed by atoms with Crippen molar-refractivity contribution in [1.82, 2.24) is 4.90 Å². The van der Waals surface area contributed by atoms with Crippen LogP contribution in [-0.4, -0.2) is 62.6 Å². The molecule has 10 heteroatoms. The van der Waals surface area contributed by atoms with Gasteiger partial charge in [0.15, 0.2) is 5.70 Å². The molecule has 4 N–H and O–H groups in total. The molecule has 4 rings (SSSR count). The van der Waals surface area contributed by atoms with Crippen LogP contribution in [0.5, 0.6) is 0 Å². The van der Waals surface area contributed by atoms with Crippen LogP contribution in [0.25, 0.3) is 0 Å². The molecule has 1 amide bonds. The van der Waals surface area contributed by atoms with Crippen molar-refractivity contribution in [2.24, 2.45) is 16.6 Å². The quantitative estimate of drug-likeness (QED) is 0.321. The van der Waals surface area contributed by atoms with Gasteiger partial charge in [0.2, 0.25) is 5.91 Å². The van der Waals surface area contributed by atoms with Gasteiger partial charge in [-0.3, -0.25) is 9.69 Å². The number of amides is 1. The first-order valence-corrected chi connectivity index (χ1v) is 12.0. The molecule has 1 aromatic carbocycles. The highest BCUT2D eigenvalue weighted by molar-refractivity contribution is 8.23. The number of fused-ring (bicyclic) bond motifs is 1. The number of carbonyl (C=O) groups is 2. The molecule has 2 saturated heterocycles. The molecule has 1 aromatic rings. The van der Waals surface area contributed by atoms with Gasteiger partial charge in [0, 0.05) is 24.0 Å². The van der Waals surface area contributed by atoms with Gasteiger partial charge in [0.05, 0.1) is 27.8 Å². The normalized spacial score (nSPS) is 26.9. The Bertz CT molecular complexity index is 945. The molecule has 0 saturated carbocycles. The monoisotopic (exact) mass is 462 g/mol. The summed E-state index contributed by atoms with van der Waals surface area (Å²) in [6.07, 6.45) is 0.653. The van der Waals surface area contributed by atoms with Crippen LogP contribution in [0.4, 0.5) is 11.4 Å². The smallest absolute Gasteiger partial charge is 0.354 e. The Morgan fingerprint density at radius 3 is 2.71 bits per heavy atom. The van der Waals surface area contributed by atoms with Gasteiger partial charge < -0.3 is 20.8 Å². The third kappa shape index (κ3) is 4.16. The summed E-state index contributed by atoms with van der Waals surface area (Å²) in [6.45, 7) is 5.24. The van der Waals surface area contributed by atoms with Crippen LogP contribution in [0.15, 0.2) is 39.2 Å². The number of nitrogens with zero attached hydrogens (tertiary/aromatic N) is 3. The maximum absolute atomic E-state index is 12.5. The number of nitrogens with two attached hydrogens (primary N) is 1. The van der Waals surface area contributed by atoms with E-state index in [0.717, 1.165) is 30.9 Å². The van der Waals surface area contributed by atoms with Gasteiger partial charge in [0.25, 0.3) is 0 Å². The van der Waals surface area contributed by atoms with Crippen molar-refractivity contribution in [2.45, 2.75) is 43.4 Å². The number of carboxylic acids is 1.